The van der Waals surface area contributed by atoms with Gasteiger partial charge in [-0.2, -0.15) is 0 Å². The highest BCUT2D eigenvalue weighted by Gasteiger charge is 2.26. The van der Waals surface area contributed by atoms with E-state index in [4.69, 9.17) is 9.15 Å². The van der Waals surface area contributed by atoms with Gasteiger partial charge < -0.3 is 9.15 Å². The van der Waals surface area contributed by atoms with Gasteiger partial charge in [-0.15, -0.1) is 0 Å². The van der Waals surface area contributed by atoms with Gasteiger partial charge >= 0.3 is 5.97 Å². The molecule has 7 heteroatoms. The minimum Gasteiger partial charge on any atom is -0.468 e. The number of esters is 1. The number of nitrogens with zero attached hydrogens (tertiary/aromatic N) is 2. The van der Waals surface area contributed by atoms with Crippen LogP contribution in [-0.2, 0) is 16.1 Å². The predicted octanol–water partition coefficient (Wildman–Crippen LogP) is 4.04. The summed E-state index contributed by atoms with van der Waals surface area (Å²) in [6, 6.07) is 20.0. The number of benzene rings is 2. The number of para-hydroxylation sites is 1. The number of ether oxygens (including phenoxy) is 1. The molecule has 0 radical (unpaired) electrons. The molecule has 0 N–H and O–H groups in total. The summed E-state index contributed by atoms with van der Waals surface area (Å²) in [5.41, 5.74) is 1.16. The van der Waals surface area contributed by atoms with Crippen LogP contribution in [0.25, 0.3) is 10.9 Å². The number of hydrogen-bond acceptors (Lipinski definition) is 6. The first kappa shape index (κ1) is 19.0. The van der Waals surface area contributed by atoms with Gasteiger partial charge in [0.05, 0.1) is 30.8 Å². The highest BCUT2D eigenvalue weighted by Crippen LogP contribution is 2.35. The van der Waals surface area contributed by atoms with Crippen molar-refractivity contribution < 1.29 is 13.9 Å². The monoisotopic (exact) mass is 406 g/mol. The van der Waals surface area contributed by atoms with E-state index < -0.39 is 11.2 Å². The summed E-state index contributed by atoms with van der Waals surface area (Å²) in [4.78, 5) is 30.4. The van der Waals surface area contributed by atoms with E-state index >= 15 is 0 Å². The zero-order valence-corrected chi connectivity index (χ0v) is 16.5. The molecule has 0 saturated carbocycles. The third kappa shape index (κ3) is 3.95. The van der Waals surface area contributed by atoms with E-state index in [1.807, 2.05) is 36.4 Å². The number of carbonyl (C=O) groups excluding carboxylic acids is 1. The van der Waals surface area contributed by atoms with Crippen molar-refractivity contribution in [2.45, 2.75) is 17.0 Å². The smallest absolute Gasteiger partial charge is 0.323 e. The van der Waals surface area contributed by atoms with Crippen LogP contribution in [0.2, 0.25) is 0 Å². The Morgan fingerprint density at radius 3 is 2.59 bits per heavy atom. The summed E-state index contributed by atoms with van der Waals surface area (Å²) < 4.78 is 12.0. The Morgan fingerprint density at radius 2 is 1.86 bits per heavy atom. The zero-order chi connectivity index (χ0) is 20.2. The number of carbonyl (C=O) groups is 1. The number of rotatable bonds is 6. The molecule has 4 aromatic rings. The Hall–Kier alpha value is -3.32. The highest BCUT2D eigenvalue weighted by atomic mass is 32.2. The number of aromatic nitrogens is 2. The first-order valence-corrected chi connectivity index (χ1v) is 9.86. The van der Waals surface area contributed by atoms with Gasteiger partial charge in [0.25, 0.3) is 5.56 Å². The van der Waals surface area contributed by atoms with Gasteiger partial charge in [-0.05, 0) is 29.8 Å². The molecule has 6 nitrogen and oxygen atoms in total. The predicted molar refractivity (Wildman–Crippen MR) is 111 cm³/mol. The fourth-order valence-electron chi connectivity index (χ4n) is 3.03. The minimum absolute atomic E-state index is 0.189. The molecule has 0 aliphatic heterocycles. The molecule has 0 fully saturated rings. The Kier molecular flexibility index (Phi) is 5.48. The first-order chi connectivity index (χ1) is 14.2. The van der Waals surface area contributed by atoms with Crippen molar-refractivity contribution in [3.8, 4) is 0 Å². The van der Waals surface area contributed by atoms with Crippen LogP contribution in [0.5, 0.6) is 0 Å². The average molecular weight is 406 g/mol. The van der Waals surface area contributed by atoms with Gasteiger partial charge in [-0.1, -0.05) is 54.2 Å². The third-order valence-corrected chi connectivity index (χ3v) is 5.68. The molecule has 0 bridgehead atoms. The second kappa shape index (κ2) is 8.36. The maximum absolute atomic E-state index is 13.2. The van der Waals surface area contributed by atoms with E-state index in [9.17, 15) is 9.59 Å². The van der Waals surface area contributed by atoms with Crippen molar-refractivity contribution >= 4 is 28.6 Å². The quantitative estimate of drug-likeness (QED) is 0.273. The second-order valence-corrected chi connectivity index (χ2v) is 7.39. The molecular weight excluding hydrogens is 388 g/mol. The average Bonchev–Trinajstić information content (AvgIpc) is 3.28. The molecule has 0 aliphatic carbocycles. The normalized spacial score (nSPS) is 12.0. The number of fused-ring (bicyclic) bond motifs is 1. The molecule has 0 saturated heterocycles. The lowest BCUT2D eigenvalue weighted by Crippen LogP contribution is -2.24. The molecular formula is C22H18N2O4S. The molecule has 1 unspecified atom stereocenters. The summed E-state index contributed by atoms with van der Waals surface area (Å²) in [7, 11) is 1.35. The maximum Gasteiger partial charge on any atom is 0.323 e. The zero-order valence-electron chi connectivity index (χ0n) is 15.6. The van der Waals surface area contributed by atoms with Crippen LogP contribution in [0, 0.1) is 0 Å². The lowest BCUT2D eigenvalue weighted by Gasteiger charge is -2.17. The van der Waals surface area contributed by atoms with Crippen molar-refractivity contribution in [2.75, 3.05) is 7.11 Å². The standard InChI is InChI=1S/C22H18N2O4S/c1-27-21(26)19(15-8-3-2-4-9-15)29-22-23-18-12-6-5-11-17(18)20(25)24(22)14-16-10-7-13-28-16/h2-13,19H,14H2,1H3. The molecule has 2 aromatic heterocycles. The molecule has 29 heavy (non-hydrogen) atoms. The summed E-state index contributed by atoms with van der Waals surface area (Å²) in [5.74, 6) is 0.216. The van der Waals surface area contributed by atoms with Crippen LogP contribution >= 0.6 is 11.8 Å². The van der Waals surface area contributed by atoms with E-state index in [1.54, 1.807) is 36.6 Å². The topological polar surface area (TPSA) is 74.3 Å². The fourth-order valence-corrected chi connectivity index (χ4v) is 4.15. The molecule has 1 atom stereocenters. The van der Waals surface area contributed by atoms with E-state index in [0.717, 1.165) is 5.56 Å². The van der Waals surface area contributed by atoms with E-state index in [2.05, 4.69) is 4.98 Å². The summed E-state index contributed by atoms with van der Waals surface area (Å²) in [5, 5.41) is 0.277. The van der Waals surface area contributed by atoms with Gasteiger partial charge in [0.1, 0.15) is 11.0 Å². The van der Waals surface area contributed by atoms with Crippen LogP contribution in [0.1, 0.15) is 16.6 Å². The van der Waals surface area contributed by atoms with Crippen molar-refractivity contribution in [1.82, 2.24) is 9.55 Å². The van der Waals surface area contributed by atoms with Crippen LogP contribution in [0.4, 0.5) is 0 Å². The van der Waals surface area contributed by atoms with Crippen LogP contribution in [-0.4, -0.2) is 22.6 Å². The first-order valence-electron chi connectivity index (χ1n) is 8.99. The fraction of sp³-hybridized carbons (Fsp3) is 0.136. The Morgan fingerprint density at radius 1 is 1.10 bits per heavy atom. The highest BCUT2D eigenvalue weighted by molar-refractivity contribution is 8.00. The molecule has 0 amide bonds. The Bertz CT molecular complexity index is 1190. The van der Waals surface area contributed by atoms with Gasteiger partial charge in [0, 0.05) is 0 Å². The van der Waals surface area contributed by atoms with Crippen molar-refractivity contribution in [1.29, 1.82) is 0 Å². The van der Waals surface area contributed by atoms with Crippen molar-refractivity contribution in [2.24, 2.45) is 0 Å². The summed E-state index contributed by atoms with van der Waals surface area (Å²) in [6.07, 6.45) is 1.56. The summed E-state index contributed by atoms with van der Waals surface area (Å²) >= 11 is 1.19. The number of thioether (sulfide) groups is 1. The van der Waals surface area contributed by atoms with E-state index in [-0.39, 0.29) is 12.1 Å². The minimum atomic E-state index is -0.655. The van der Waals surface area contributed by atoms with Gasteiger partial charge in [-0.25, -0.2) is 4.98 Å². The third-order valence-electron chi connectivity index (χ3n) is 4.46. The second-order valence-electron chi connectivity index (χ2n) is 6.31. The lowest BCUT2D eigenvalue weighted by molar-refractivity contribution is -0.140. The van der Waals surface area contributed by atoms with Gasteiger partial charge in [-0.3, -0.25) is 14.2 Å². The van der Waals surface area contributed by atoms with Gasteiger partial charge in [0.15, 0.2) is 5.16 Å². The largest absolute Gasteiger partial charge is 0.468 e. The van der Waals surface area contributed by atoms with E-state index in [0.29, 0.717) is 21.8 Å². The number of furan rings is 1. The molecule has 2 aromatic carbocycles. The van der Waals surface area contributed by atoms with Gasteiger partial charge in [0.2, 0.25) is 0 Å². The van der Waals surface area contributed by atoms with Crippen molar-refractivity contribution in [3.05, 3.63) is 94.7 Å². The van der Waals surface area contributed by atoms with Crippen LogP contribution < -0.4 is 5.56 Å². The number of methoxy groups -OCH3 is 1. The molecule has 2 heterocycles. The number of hydrogen-bond donors (Lipinski definition) is 0. The molecule has 4 rings (SSSR count). The van der Waals surface area contributed by atoms with Crippen molar-refractivity contribution in [3.63, 3.8) is 0 Å². The lowest BCUT2D eigenvalue weighted by atomic mass is 10.1. The Labute approximate surface area is 171 Å². The van der Waals surface area contributed by atoms with Crippen LogP contribution in [0.3, 0.4) is 0 Å². The Balaban J connectivity index is 1.84. The maximum atomic E-state index is 13.2. The summed E-state index contributed by atoms with van der Waals surface area (Å²) in [6.45, 7) is 0.217. The van der Waals surface area contributed by atoms with E-state index in [1.165, 1.54) is 23.4 Å². The SMILES string of the molecule is COC(=O)C(Sc1nc2ccccc2c(=O)n1Cc1ccco1)c1ccccc1. The molecule has 146 valence electrons. The molecule has 0 aliphatic rings. The van der Waals surface area contributed by atoms with Crippen LogP contribution in [0.15, 0.2) is 87.4 Å². The molecule has 0 spiro atoms.